The van der Waals surface area contributed by atoms with E-state index < -0.39 is 0 Å². The standard InChI is InChI=1S/C11H12N2S/c1-3-10-12-9-5-4-7(2)6-8(9)11(14)13-10/h4-6H,3H2,1-2H3,(H,12,13,14). The first kappa shape index (κ1) is 9.34. The molecule has 0 aliphatic heterocycles. The van der Waals surface area contributed by atoms with Gasteiger partial charge in [0.25, 0.3) is 0 Å². The lowest BCUT2D eigenvalue weighted by atomic mass is 10.2. The minimum atomic E-state index is 0.694. The fourth-order valence-corrected chi connectivity index (χ4v) is 1.76. The average Bonchev–Trinajstić information content (AvgIpc) is 2.19. The molecule has 1 N–H and O–H groups in total. The SMILES string of the molecule is CCc1nc(=S)c2cc(C)ccc2[nH]1. The van der Waals surface area contributed by atoms with E-state index in [4.69, 9.17) is 12.2 Å². The molecule has 72 valence electrons. The number of nitrogens with one attached hydrogen (secondary N) is 1. The van der Waals surface area contributed by atoms with Crippen molar-refractivity contribution in [2.24, 2.45) is 0 Å². The topological polar surface area (TPSA) is 28.7 Å². The maximum atomic E-state index is 5.24. The van der Waals surface area contributed by atoms with Crippen LogP contribution in [0.15, 0.2) is 18.2 Å². The zero-order chi connectivity index (χ0) is 10.1. The lowest BCUT2D eigenvalue weighted by Gasteiger charge is -2.02. The van der Waals surface area contributed by atoms with Gasteiger partial charge in [-0.25, -0.2) is 4.98 Å². The van der Waals surface area contributed by atoms with Gasteiger partial charge in [-0.3, -0.25) is 0 Å². The number of rotatable bonds is 1. The van der Waals surface area contributed by atoms with E-state index in [1.807, 2.05) is 0 Å². The summed E-state index contributed by atoms with van der Waals surface area (Å²) >= 11 is 5.24. The Balaban J connectivity index is 2.83. The maximum absolute atomic E-state index is 5.24. The smallest absolute Gasteiger partial charge is 0.137 e. The summed E-state index contributed by atoms with van der Waals surface area (Å²) in [5.74, 6) is 0.950. The predicted octanol–water partition coefficient (Wildman–Crippen LogP) is 3.16. The molecule has 2 aromatic rings. The molecule has 2 rings (SSSR count). The summed E-state index contributed by atoms with van der Waals surface area (Å²) in [5.41, 5.74) is 2.29. The third kappa shape index (κ3) is 1.55. The fourth-order valence-electron chi connectivity index (χ4n) is 1.48. The zero-order valence-corrected chi connectivity index (χ0v) is 9.11. The number of aromatic nitrogens is 2. The minimum Gasteiger partial charge on any atom is -0.343 e. The maximum Gasteiger partial charge on any atom is 0.137 e. The van der Waals surface area contributed by atoms with E-state index in [1.165, 1.54) is 5.56 Å². The van der Waals surface area contributed by atoms with Gasteiger partial charge in [0.05, 0.1) is 0 Å². The van der Waals surface area contributed by atoms with Crippen LogP contribution >= 0.6 is 12.2 Å². The lowest BCUT2D eigenvalue weighted by molar-refractivity contribution is 0.955. The normalized spacial score (nSPS) is 10.7. The molecule has 1 aromatic heterocycles. The monoisotopic (exact) mass is 204 g/mol. The highest BCUT2D eigenvalue weighted by Crippen LogP contribution is 2.14. The number of hydrogen-bond acceptors (Lipinski definition) is 2. The first-order valence-corrected chi connectivity index (χ1v) is 5.11. The van der Waals surface area contributed by atoms with Crippen molar-refractivity contribution < 1.29 is 0 Å². The summed E-state index contributed by atoms with van der Waals surface area (Å²) in [6.07, 6.45) is 0.882. The first-order valence-electron chi connectivity index (χ1n) is 4.70. The number of aryl methyl sites for hydroxylation is 2. The Kier molecular flexibility index (Phi) is 2.33. The van der Waals surface area contributed by atoms with Crippen molar-refractivity contribution in [3.05, 3.63) is 34.2 Å². The van der Waals surface area contributed by atoms with E-state index in [2.05, 4.69) is 42.0 Å². The third-order valence-corrected chi connectivity index (χ3v) is 2.57. The molecule has 1 heterocycles. The van der Waals surface area contributed by atoms with Crippen molar-refractivity contribution in [3.8, 4) is 0 Å². The van der Waals surface area contributed by atoms with Crippen LogP contribution < -0.4 is 0 Å². The van der Waals surface area contributed by atoms with E-state index in [9.17, 15) is 0 Å². The first-order chi connectivity index (χ1) is 6.70. The van der Waals surface area contributed by atoms with Crippen molar-refractivity contribution >= 4 is 23.1 Å². The van der Waals surface area contributed by atoms with Crippen molar-refractivity contribution in [1.29, 1.82) is 0 Å². The van der Waals surface area contributed by atoms with Crippen LogP contribution in [0.1, 0.15) is 18.3 Å². The van der Waals surface area contributed by atoms with Crippen molar-refractivity contribution in [3.63, 3.8) is 0 Å². The number of nitrogens with zero attached hydrogens (tertiary/aromatic N) is 1. The number of hydrogen-bond donors (Lipinski definition) is 1. The van der Waals surface area contributed by atoms with E-state index in [-0.39, 0.29) is 0 Å². The molecule has 0 amide bonds. The highest BCUT2D eigenvalue weighted by Gasteiger charge is 1.99. The van der Waals surface area contributed by atoms with E-state index in [0.717, 1.165) is 23.1 Å². The second kappa shape index (κ2) is 3.50. The van der Waals surface area contributed by atoms with Gasteiger partial charge in [-0.1, -0.05) is 30.8 Å². The van der Waals surface area contributed by atoms with Crippen LogP contribution in [0.4, 0.5) is 0 Å². The molecular formula is C11H12N2S. The van der Waals surface area contributed by atoms with Gasteiger partial charge in [0.1, 0.15) is 10.5 Å². The molecule has 0 aliphatic rings. The van der Waals surface area contributed by atoms with E-state index >= 15 is 0 Å². The number of H-pyrrole nitrogens is 1. The molecule has 0 atom stereocenters. The molecule has 14 heavy (non-hydrogen) atoms. The Hall–Kier alpha value is -1.22. The van der Waals surface area contributed by atoms with Gasteiger partial charge in [-0.2, -0.15) is 0 Å². The van der Waals surface area contributed by atoms with Crippen molar-refractivity contribution in [2.75, 3.05) is 0 Å². The number of benzene rings is 1. The van der Waals surface area contributed by atoms with Crippen LogP contribution in [0.3, 0.4) is 0 Å². The van der Waals surface area contributed by atoms with Gasteiger partial charge in [-0.05, 0) is 19.1 Å². The minimum absolute atomic E-state index is 0.694. The molecule has 0 aliphatic carbocycles. The van der Waals surface area contributed by atoms with Gasteiger partial charge in [0.2, 0.25) is 0 Å². The Labute approximate surface area is 88.0 Å². The second-order valence-electron chi connectivity index (χ2n) is 3.39. The molecule has 0 saturated carbocycles. The molecule has 0 radical (unpaired) electrons. The van der Waals surface area contributed by atoms with Crippen LogP contribution in [-0.2, 0) is 6.42 Å². The summed E-state index contributed by atoms with van der Waals surface area (Å²) in [7, 11) is 0. The Morgan fingerprint density at radius 2 is 2.21 bits per heavy atom. The second-order valence-corrected chi connectivity index (χ2v) is 3.78. The van der Waals surface area contributed by atoms with E-state index in [0.29, 0.717) is 4.64 Å². The summed E-state index contributed by atoms with van der Waals surface area (Å²) in [4.78, 5) is 7.59. The quantitative estimate of drug-likeness (QED) is 0.723. The zero-order valence-electron chi connectivity index (χ0n) is 8.29. The van der Waals surface area contributed by atoms with Gasteiger partial charge in [0.15, 0.2) is 0 Å². The molecule has 0 unspecified atom stereocenters. The van der Waals surface area contributed by atoms with Gasteiger partial charge in [-0.15, -0.1) is 0 Å². The van der Waals surface area contributed by atoms with Crippen LogP contribution in [0, 0.1) is 11.6 Å². The van der Waals surface area contributed by atoms with Gasteiger partial charge in [0, 0.05) is 17.3 Å². The highest BCUT2D eigenvalue weighted by molar-refractivity contribution is 7.71. The average molecular weight is 204 g/mol. The molecule has 1 aromatic carbocycles. The number of aromatic amines is 1. The largest absolute Gasteiger partial charge is 0.343 e. The summed E-state index contributed by atoms with van der Waals surface area (Å²) in [6.45, 7) is 4.12. The molecule has 0 saturated heterocycles. The Morgan fingerprint density at radius 3 is 2.93 bits per heavy atom. The van der Waals surface area contributed by atoms with Gasteiger partial charge < -0.3 is 4.98 Å². The third-order valence-electron chi connectivity index (χ3n) is 2.26. The van der Waals surface area contributed by atoms with Crippen molar-refractivity contribution in [1.82, 2.24) is 9.97 Å². The predicted molar refractivity (Wildman–Crippen MR) is 61.0 cm³/mol. The fraction of sp³-hybridized carbons (Fsp3) is 0.273. The lowest BCUT2D eigenvalue weighted by Crippen LogP contribution is -1.94. The highest BCUT2D eigenvalue weighted by atomic mass is 32.1. The van der Waals surface area contributed by atoms with Crippen LogP contribution in [-0.4, -0.2) is 9.97 Å². The molecular weight excluding hydrogens is 192 g/mol. The Morgan fingerprint density at radius 1 is 1.43 bits per heavy atom. The summed E-state index contributed by atoms with van der Waals surface area (Å²) < 4.78 is 0.694. The van der Waals surface area contributed by atoms with Crippen LogP contribution in [0.2, 0.25) is 0 Å². The summed E-state index contributed by atoms with van der Waals surface area (Å²) in [5, 5.41) is 1.04. The van der Waals surface area contributed by atoms with E-state index in [1.54, 1.807) is 0 Å². The van der Waals surface area contributed by atoms with Gasteiger partial charge >= 0.3 is 0 Å². The molecule has 2 nitrogen and oxygen atoms in total. The summed E-state index contributed by atoms with van der Waals surface area (Å²) in [6, 6.07) is 6.20. The van der Waals surface area contributed by atoms with Crippen molar-refractivity contribution in [2.45, 2.75) is 20.3 Å². The van der Waals surface area contributed by atoms with Crippen LogP contribution in [0.25, 0.3) is 10.9 Å². The molecule has 0 spiro atoms. The molecule has 0 bridgehead atoms. The molecule has 0 fully saturated rings. The number of fused-ring (bicyclic) bond motifs is 1. The van der Waals surface area contributed by atoms with Crippen LogP contribution in [0.5, 0.6) is 0 Å². The Bertz CT molecular complexity index is 528. The molecule has 3 heteroatoms.